The van der Waals surface area contributed by atoms with Crippen LogP contribution in [0.3, 0.4) is 0 Å². The molecule has 0 aliphatic heterocycles. The normalized spacial score (nSPS) is 18.2. The summed E-state index contributed by atoms with van der Waals surface area (Å²) in [6.07, 6.45) is 2.06. The van der Waals surface area contributed by atoms with E-state index in [0.717, 1.165) is 12.8 Å². The van der Waals surface area contributed by atoms with Crippen LogP contribution in [0.4, 0.5) is 4.39 Å². The number of halogens is 2. The molecule has 1 fully saturated rings. The van der Waals surface area contributed by atoms with E-state index in [1.807, 2.05) is 0 Å². The van der Waals surface area contributed by atoms with Crippen molar-refractivity contribution in [2.45, 2.75) is 18.9 Å². The first-order valence-electron chi connectivity index (χ1n) is 4.53. The molecule has 0 radical (unpaired) electrons. The van der Waals surface area contributed by atoms with Crippen molar-refractivity contribution in [3.8, 4) is 5.75 Å². The molecule has 1 aromatic rings. The summed E-state index contributed by atoms with van der Waals surface area (Å²) in [5, 5.41) is 9.30. The second kappa shape index (κ2) is 3.41. The van der Waals surface area contributed by atoms with Crippen LogP contribution in [0.25, 0.3) is 0 Å². The zero-order valence-corrected chi connectivity index (χ0v) is 8.26. The minimum absolute atomic E-state index is 0.0225. The van der Waals surface area contributed by atoms with Crippen LogP contribution in [-0.2, 0) is 0 Å². The quantitative estimate of drug-likeness (QED) is 0.797. The third-order valence-electron chi connectivity index (χ3n) is 2.59. The molecule has 2 rings (SSSR count). The smallest absolute Gasteiger partial charge is 0.171 e. The number of benzene rings is 1. The van der Waals surface area contributed by atoms with Crippen LogP contribution in [0.5, 0.6) is 5.75 Å². The maximum absolute atomic E-state index is 13.5. The molecule has 0 bridgehead atoms. The van der Waals surface area contributed by atoms with Crippen molar-refractivity contribution >= 4 is 11.6 Å². The van der Waals surface area contributed by atoms with Gasteiger partial charge in [0.15, 0.2) is 11.6 Å². The highest BCUT2D eigenvalue weighted by atomic mass is 35.5. The molecule has 76 valence electrons. The van der Waals surface area contributed by atoms with Gasteiger partial charge in [-0.05, 0) is 24.8 Å². The maximum Gasteiger partial charge on any atom is 0.171 e. The fourth-order valence-electron chi connectivity index (χ4n) is 1.52. The lowest BCUT2D eigenvalue weighted by Gasteiger charge is -2.12. The van der Waals surface area contributed by atoms with Crippen molar-refractivity contribution in [2.75, 3.05) is 0 Å². The number of hydrogen-bond donors (Lipinski definition) is 2. The van der Waals surface area contributed by atoms with Crippen LogP contribution < -0.4 is 5.73 Å². The Morgan fingerprint density at radius 1 is 1.50 bits per heavy atom. The first-order chi connectivity index (χ1) is 6.61. The second-order valence-corrected chi connectivity index (χ2v) is 4.07. The minimum atomic E-state index is -0.683. The summed E-state index contributed by atoms with van der Waals surface area (Å²) in [5.74, 6) is -0.831. The average Bonchev–Trinajstić information content (AvgIpc) is 2.97. The first kappa shape index (κ1) is 9.74. The van der Waals surface area contributed by atoms with Crippen LogP contribution in [0.1, 0.15) is 24.4 Å². The van der Waals surface area contributed by atoms with Crippen molar-refractivity contribution in [1.29, 1.82) is 0 Å². The van der Waals surface area contributed by atoms with Gasteiger partial charge in [0.25, 0.3) is 0 Å². The topological polar surface area (TPSA) is 46.2 Å². The molecule has 1 atom stereocenters. The molecule has 0 amide bonds. The molecule has 1 aliphatic rings. The van der Waals surface area contributed by atoms with E-state index in [4.69, 9.17) is 17.3 Å². The van der Waals surface area contributed by atoms with Crippen molar-refractivity contribution in [3.05, 3.63) is 28.5 Å². The van der Waals surface area contributed by atoms with E-state index < -0.39 is 11.6 Å². The zero-order valence-electron chi connectivity index (χ0n) is 7.50. The van der Waals surface area contributed by atoms with E-state index in [2.05, 4.69) is 0 Å². The highest BCUT2D eigenvalue weighted by Crippen LogP contribution is 2.42. The first-order valence-corrected chi connectivity index (χ1v) is 4.91. The maximum atomic E-state index is 13.5. The Bertz CT molecular complexity index is 365. The van der Waals surface area contributed by atoms with E-state index in [0.29, 0.717) is 11.5 Å². The lowest BCUT2D eigenvalue weighted by molar-refractivity contribution is 0.423. The van der Waals surface area contributed by atoms with Gasteiger partial charge in [0.1, 0.15) is 0 Å². The van der Waals surface area contributed by atoms with Gasteiger partial charge in [-0.3, -0.25) is 0 Å². The average molecular weight is 216 g/mol. The predicted octanol–water partition coefficient (Wildman–Crippen LogP) is 2.59. The Hall–Kier alpha value is -0.800. The monoisotopic (exact) mass is 215 g/mol. The van der Waals surface area contributed by atoms with Crippen LogP contribution in [0, 0.1) is 11.7 Å². The van der Waals surface area contributed by atoms with Crippen LogP contribution in [-0.4, -0.2) is 5.11 Å². The minimum Gasteiger partial charge on any atom is -0.504 e. The van der Waals surface area contributed by atoms with Gasteiger partial charge in [-0.25, -0.2) is 4.39 Å². The molecule has 0 saturated heterocycles. The van der Waals surface area contributed by atoms with E-state index in [1.165, 1.54) is 6.07 Å². The third kappa shape index (κ3) is 1.57. The summed E-state index contributed by atoms with van der Waals surface area (Å²) >= 11 is 5.55. The molecule has 1 aliphatic carbocycles. The van der Waals surface area contributed by atoms with Gasteiger partial charge in [0.2, 0.25) is 0 Å². The van der Waals surface area contributed by atoms with E-state index in [-0.39, 0.29) is 11.1 Å². The van der Waals surface area contributed by atoms with Crippen molar-refractivity contribution in [2.24, 2.45) is 11.7 Å². The van der Waals surface area contributed by atoms with Crippen molar-refractivity contribution < 1.29 is 9.50 Å². The number of nitrogens with two attached hydrogens (primary N) is 1. The Morgan fingerprint density at radius 2 is 2.14 bits per heavy atom. The van der Waals surface area contributed by atoms with Gasteiger partial charge in [-0.1, -0.05) is 17.7 Å². The SMILES string of the molecule is N[C@@H](c1ccc(Cl)c(O)c1F)C1CC1. The Kier molecular flexibility index (Phi) is 2.37. The number of phenolic OH excluding ortho intramolecular Hbond substituents is 1. The number of hydrogen-bond acceptors (Lipinski definition) is 2. The fraction of sp³-hybridized carbons (Fsp3) is 0.400. The van der Waals surface area contributed by atoms with Gasteiger partial charge >= 0.3 is 0 Å². The summed E-state index contributed by atoms with van der Waals surface area (Å²) in [6.45, 7) is 0. The Morgan fingerprint density at radius 3 is 2.71 bits per heavy atom. The van der Waals surface area contributed by atoms with Gasteiger partial charge in [-0.2, -0.15) is 0 Å². The van der Waals surface area contributed by atoms with Crippen molar-refractivity contribution in [3.63, 3.8) is 0 Å². The molecule has 1 saturated carbocycles. The largest absolute Gasteiger partial charge is 0.504 e. The molecular weight excluding hydrogens is 205 g/mol. The Labute approximate surface area is 86.5 Å². The van der Waals surface area contributed by atoms with Crippen LogP contribution >= 0.6 is 11.6 Å². The summed E-state index contributed by atoms with van der Waals surface area (Å²) in [4.78, 5) is 0. The van der Waals surface area contributed by atoms with Gasteiger partial charge < -0.3 is 10.8 Å². The fourth-order valence-corrected chi connectivity index (χ4v) is 1.67. The summed E-state index contributed by atoms with van der Waals surface area (Å²) in [6, 6.07) is 2.69. The standard InChI is InChI=1S/C10H11ClFNO/c11-7-4-3-6(8(12)10(7)14)9(13)5-1-2-5/h3-5,9,14H,1-2,13H2/t9-/m1/s1. The highest BCUT2D eigenvalue weighted by molar-refractivity contribution is 6.32. The molecule has 3 N–H and O–H groups in total. The predicted molar refractivity (Wildman–Crippen MR) is 52.7 cm³/mol. The Balaban J connectivity index is 2.38. The summed E-state index contributed by atoms with van der Waals surface area (Å²) in [7, 11) is 0. The molecular formula is C10H11ClFNO. The van der Waals surface area contributed by atoms with E-state index in [1.54, 1.807) is 6.07 Å². The summed E-state index contributed by atoms with van der Waals surface area (Å²) < 4.78 is 13.5. The molecule has 0 unspecified atom stereocenters. The molecule has 0 heterocycles. The number of phenols is 1. The van der Waals surface area contributed by atoms with Crippen molar-refractivity contribution in [1.82, 2.24) is 0 Å². The highest BCUT2D eigenvalue weighted by Gasteiger charge is 2.31. The van der Waals surface area contributed by atoms with E-state index >= 15 is 0 Å². The lowest BCUT2D eigenvalue weighted by Crippen LogP contribution is -2.14. The van der Waals surface area contributed by atoms with Gasteiger partial charge in [0, 0.05) is 11.6 Å². The summed E-state index contributed by atoms with van der Waals surface area (Å²) in [5.41, 5.74) is 6.18. The molecule has 14 heavy (non-hydrogen) atoms. The zero-order chi connectivity index (χ0) is 10.3. The number of rotatable bonds is 2. The third-order valence-corrected chi connectivity index (χ3v) is 2.89. The second-order valence-electron chi connectivity index (χ2n) is 3.66. The van der Waals surface area contributed by atoms with Crippen LogP contribution in [0.2, 0.25) is 5.02 Å². The lowest BCUT2D eigenvalue weighted by atomic mass is 10.0. The molecule has 0 spiro atoms. The van der Waals surface area contributed by atoms with E-state index in [9.17, 15) is 9.50 Å². The van der Waals surface area contributed by atoms with Gasteiger partial charge in [0.05, 0.1) is 5.02 Å². The molecule has 2 nitrogen and oxygen atoms in total. The molecule has 4 heteroatoms. The molecule has 1 aromatic carbocycles. The molecule has 0 aromatic heterocycles. The van der Waals surface area contributed by atoms with Crippen LogP contribution in [0.15, 0.2) is 12.1 Å². The van der Waals surface area contributed by atoms with Gasteiger partial charge in [-0.15, -0.1) is 0 Å². The number of aromatic hydroxyl groups is 1.